The fraction of sp³-hybridized carbons (Fsp3) is 0.737. The third-order valence-corrected chi connectivity index (χ3v) is 8.09. The maximum Gasteiger partial charge on any atom is 0.469 e. The first-order valence-electron chi connectivity index (χ1n) is 18.4. The molecule has 9 heteroatoms. The van der Waals surface area contributed by atoms with Gasteiger partial charge in [-0.05, 0) is 51.4 Å². The molecule has 0 aliphatic carbocycles. The molecule has 0 aliphatic heterocycles. The molecule has 0 unspecified atom stereocenters. The molecular formula is C38H67O8P. The van der Waals surface area contributed by atoms with Gasteiger partial charge >= 0.3 is 19.8 Å². The number of esters is 2. The van der Waals surface area contributed by atoms with E-state index >= 15 is 0 Å². The highest BCUT2D eigenvalue weighted by atomic mass is 31.2. The molecule has 0 fully saturated rings. The Kier molecular flexibility index (Phi) is 32.5. The molecule has 2 N–H and O–H groups in total. The van der Waals surface area contributed by atoms with E-state index in [2.05, 4.69) is 60.9 Å². The third kappa shape index (κ3) is 36.7. The molecule has 0 bridgehead atoms. The lowest BCUT2D eigenvalue weighted by atomic mass is 10.0. The van der Waals surface area contributed by atoms with Gasteiger partial charge in [0.25, 0.3) is 0 Å². The second-order valence-electron chi connectivity index (χ2n) is 12.2. The third-order valence-electron chi connectivity index (χ3n) is 7.60. The van der Waals surface area contributed by atoms with E-state index in [4.69, 9.17) is 19.3 Å². The molecule has 0 aliphatic rings. The molecule has 0 aromatic heterocycles. The van der Waals surface area contributed by atoms with Gasteiger partial charge in [-0.3, -0.25) is 14.1 Å². The molecule has 0 heterocycles. The highest BCUT2D eigenvalue weighted by molar-refractivity contribution is 7.46. The fourth-order valence-electron chi connectivity index (χ4n) is 4.83. The van der Waals surface area contributed by atoms with Crippen molar-refractivity contribution in [3.63, 3.8) is 0 Å². The van der Waals surface area contributed by atoms with E-state index in [-0.39, 0.29) is 19.4 Å². The summed E-state index contributed by atoms with van der Waals surface area (Å²) in [6.45, 7) is 3.59. The van der Waals surface area contributed by atoms with E-state index < -0.39 is 32.5 Å². The Labute approximate surface area is 286 Å². The number of carbonyl (C=O) groups is 2. The lowest BCUT2D eigenvalue weighted by molar-refractivity contribution is -0.161. The van der Waals surface area contributed by atoms with Crippen LogP contribution in [0.1, 0.15) is 162 Å². The monoisotopic (exact) mass is 682 g/mol. The summed E-state index contributed by atoms with van der Waals surface area (Å²) in [4.78, 5) is 42.6. The molecule has 0 aromatic rings. The minimum absolute atomic E-state index is 0.136. The van der Waals surface area contributed by atoms with Gasteiger partial charge in [0.2, 0.25) is 0 Å². The first-order chi connectivity index (χ1) is 22.8. The molecule has 0 saturated carbocycles. The molecule has 272 valence electrons. The predicted molar refractivity (Wildman–Crippen MR) is 193 cm³/mol. The Morgan fingerprint density at radius 1 is 0.553 bits per heavy atom. The molecule has 0 aromatic carbocycles. The number of hydrogen-bond acceptors (Lipinski definition) is 6. The van der Waals surface area contributed by atoms with Gasteiger partial charge in [-0.1, -0.05) is 146 Å². The van der Waals surface area contributed by atoms with Gasteiger partial charge in [0.1, 0.15) is 6.61 Å². The summed E-state index contributed by atoms with van der Waals surface area (Å²) in [5, 5.41) is 0. The summed E-state index contributed by atoms with van der Waals surface area (Å²) in [7, 11) is -4.76. The summed E-state index contributed by atoms with van der Waals surface area (Å²) in [6.07, 6.45) is 39.8. The summed E-state index contributed by atoms with van der Waals surface area (Å²) in [5.74, 6) is -0.952. The topological polar surface area (TPSA) is 119 Å². The summed E-state index contributed by atoms with van der Waals surface area (Å²) < 4.78 is 26.2. The summed E-state index contributed by atoms with van der Waals surface area (Å²) in [6, 6.07) is 0. The van der Waals surface area contributed by atoms with Crippen LogP contribution in [0.3, 0.4) is 0 Å². The smallest absolute Gasteiger partial charge is 0.462 e. The van der Waals surface area contributed by atoms with Gasteiger partial charge < -0.3 is 19.3 Å². The van der Waals surface area contributed by atoms with Crippen molar-refractivity contribution in [1.82, 2.24) is 0 Å². The van der Waals surface area contributed by atoms with Crippen molar-refractivity contribution in [3.8, 4) is 0 Å². The van der Waals surface area contributed by atoms with Crippen LogP contribution in [0.25, 0.3) is 0 Å². The Bertz CT molecular complexity index is 905. The number of carbonyl (C=O) groups excluding carboxylic acids is 2. The van der Waals surface area contributed by atoms with Crippen molar-refractivity contribution in [1.29, 1.82) is 0 Å². The second kappa shape index (κ2) is 33.9. The number of ether oxygens (including phenoxy) is 2. The van der Waals surface area contributed by atoms with Crippen molar-refractivity contribution >= 4 is 19.8 Å². The highest BCUT2D eigenvalue weighted by Gasteiger charge is 2.22. The first-order valence-corrected chi connectivity index (χ1v) is 20.0. The molecule has 0 rings (SSSR count). The largest absolute Gasteiger partial charge is 0.469 e. The molecule has 0 spiro atoms. The van der Waals surface area contributed by atoms with Crippen LogP contribution in [0.4, 0.5) is 0 Å². The van der Waals surface area contributed by atoms with Crippen molar-refractivity contribution in [2.45, 2.75) is 168 Å². The van der Waals surface area contributed by atoms with Gasteiger partial charge in [-0.2, -0.15) is 0 Å². The summed E-state index contributed by atoms with van der Waals surface area (Å²) >= 11 is 0. The van der Waals surface area contributed by atoms with Gasteiger partial charge in [-0.25, -0.2) is 4.57 Å². The van der Waals surface area contributed by atoms with E-state index in [9.17, 15) is 14.2 Å². The maximum atomic E-state index is 12.3. The zero-order chi connectivity index (χ0) is 34.7. The number of unbranched alkanes of at least 4 members (excludes halogenated alkanes) is 15. The molecular weight excluding hydrogens is 615 g/mol. The Balaban J connectivity index is 4.09. The van der Waals surface area contributed by atoms with Crippen molar-refractivity contribution in [3.05, 3.63) is 48.6 Å². The van der Waals surface area contributed by atoms with E-state index in [1.807, 2.05) is 6.08 Å². The van der Waals surface area contributed by atoms with Crippen LogP contribution in [-0.4, -0.2) is 41.0 Å². The lowest BCUT2D eigenvalue weighted by Crippen LogP contribution is -2.29. The van der Waals surface area contributed by atoms with E-state index in [0.29, 0.717) is 12.8 Å². The number of allylic oxidation sites excluding steroid dienone is 8. The average Bonchev–Trinajstić information content (AvgIpc) is 3.04. The van der Waals surface area contributed by atoms with Crippen LogP contribution in [0, 0.1) is 0 Å². The lowest BCUT2D eigenvalue weighted by Gasteiger charge is -2.18. The van der Waals surface area contributed by atoms with Crippen LogP contribution in [0.2, 0.25) is 0 Å². The Morgan fingerprint density at radius 3 is 1.49 bits per heavy atom. The molecule has 0 amide bonds. The van der Waals surface area contributed by atoms with Crippen LogP contribution in [0.5, 0.6) is 0 Å². The van der Waals surface area contributed by atoms with Gasteiger partial charge in [-0.15, -0.1) is 0 Å². The minimum atomic E-state index is -4.76. The number of phosphoric acid groups is 1. The SMILES string of the molecule is CCCCC/C=C\C/C=C\C/C=C\C/C=C\CCCC(=O)O[C@H](COC(=O)CCCCCCCCCCCCCC)COP(=O)(O)O. The van der Waals surface area contributed by atoms with Crippen molar-refractivity contribution in [2.75, 3.05) is 13.2 Å². The van der Waals surface area contributed by atoms with Crippen LogP contribution in [0.15, 0.2) is 48.6 Å². The quantitative estimate of drug-likeness (QED) is 0.0304. The number of rotatable bonds is 33. The maximum absolute atomic E-state index is 12.3. The summed E-state index contributed by atoms with van der Waals surface area (Å²) in [5.41, 5.74) is 0. The molecule has 0 saturated heterocycles. The van der Waals surface area contributed by atoms with Crippen molar-refractivity contribution < 1.29 is 37.9 Å². The van der Waals surface area contributed by atoms with Crippen LogP contribution in [-0.2, 0) is 28.2 Å². The normalized spacial score (nSPS) is 13.0. The van der Waals surface area contributed by atoms with Gasteiger partial charge in [0.15, 0.2) is 6.10 Å². The fourth-order valence-corrected chi connectivity index (χ4v) is 5.20. The van der Waals surface area contributed by atoms with Gasteiger partial charge in [0.05, 0.1) is 6.61 Å². The number of hydrogen-bond donors (Lipinski definition) is 2. The van der Waals surface area contributed by atoms with Crippen LogP contribution < -0.4 is 0 Å². The highest BCUT2D eigenvalue weighted by Crippen LogP contribution is 2.35. The van der Waals surface area contributed by atoms with E-state index in [0.717, 1.165) is 38.5 Å². The number of phosphoric ester groups is 1. The van der Waals surface area contributed by atoms with E-state index in [1.54, 1.807) is 0 Å². The average molecular weight is 683 g/mol. The van der Waals surface area contributed by atoms with E-state index in [1.165, 1.54) is 83.5 Å². The minimum Gasteiger partial charge on any atom is -0.462 e. The first kappa shape index (κ1) is 45.0. The standard InChI is InChI=1S/C38H67O8P/c1-3-5-7-9-11-13-15-17-18-19-20-21-23-25-27-29-31-33-38(40)46-36(35-45-47(41,42)43)34-44-37(39)32-30-28-26-24-22-16-14-12-10-8-6-4-2/h11,13,17-18,20-21,25,27,36H,3-10,12,14-16,19,22-24,26,28-35H2,1-2H3,(H2,41,42,43)/b13-11-,18-17-,21-20-,27-25-/t36-/m1/s1. The zero-order valence-corrected chi connectivity index (χ0v) is 30.6. The zero-order valence-electron chi connectivity index (χ0n) is 29.7. The molecule has 47 heavy (non-hydrogen) atoms. The van der Waals surface area contributed by atoms with Gasteiger partial charge in [0, 0.05) is 12.8 Å². The molecule has 1 atom stereocenters. The Hall–Kier alpha value is -1.99. The van der Waals surface area contributed by atoms with Crippen LogP contribution >= 0.6 is 7.82 Å². The molecule has 0 radical (unpaired) electrons. The predicted octanol–water partition coefficient (Wildman–Crippen LogP) is 10.8. The molecule has 8 nitrogen and oxygen atoms in total. The van der Waals surface area contributed by atoms with Crippen molar-refractivity contribution in [2.24, 2.45) is 0 Å². The Morgan fingerprint density at radius 2 is 0.979 bits per heavy atom. The second-order valence-corrected chi connectivity index (χ2v) is 13.4.